The van der Waals surface area contributed by atoms with Crippen molar-refractivity contribution in [1.82, 2.24) is 0 Å². The van der Waals surface area contributed by atoms with Gasteiger partial charge in [-0.1, -0.05) is 23.9 Å². The normalized spacial score (nSPS) is 16.3. The molecule has 0 amide bonds. The number of aliphatic imine (C=N–C) groups is 1. The molecule has 0 radical (unpaired) electrons. The highest BCUT2D eigenvalue weighted by Gasteiger charge is 2.20. The maximum absolute atomic E-state index is 5.43. The Bertz CT molecular complexity index is 768. The molecule has 1 unspecified atom stereocenters. The summed E-state index contributed by atoms with van der Waals surface area (Å²) in [7, 11) is 0. The molecule has 1 heterocycles. The van der Waals surface area contributed by atoms with Crippen molar-refractivity contribution in [3.63, 3.8) is 0 Å². The zero-order chi connectivity index (χ0) is 18.5. The van der Waals surface area contributed by atoms with Crippen LogP contribution in [0.25, 0.3) is 0 Å². The second-order valence-electron chi connectivity index (χ2n) is 6.32. The third-order valence-electron chi connectivity index (χ3n) is 4.69. The van der Waals surface area contributed by atoms with Gasteiger partial charge in [0.2, 0.25) is 0 Å². The fourth-order valence-corrected chi connectivity index (χ4v) is 4.07. The third kappa shape index (κ3) is 4.14. The minimum absolute atomic E-state index is 0.185. The molecular formula is C20H27N5S. The molecule has 1 aliphatic heterocycles. The van der Waals surface area contributed by atoms with Crippen molar-refractivity contribution in [3.8, 4) is 0 Å². The van der Waals surface area contributed by atoms with Crippen LogP contribution in [0.15, 0.2) is 47.5 Å². The molecule has 4 N–H and O–H groups in total. The number of benzene rings is 2. The number of anilines is 3. The van der Waals surface area contributed by atoms with E-state index in [1.54, 1.807) is 11.8 Å². The van der Waals surface area contributed by atoms with Gasteiger partial charge >= 0.3 is 0 Å². The largest absolute Gasteiger partial charge is 0.372 e. The van der Waals surface area contributed by atoms with Crippen molar-refractivity contribution in [3.05, 3.63) is 53.6 Å². The smallest absolute Gasteiger partial charge is 0.161 e. The second kappa shape index (κ2) is 8.47. The number of hydrogen-bond acceptors (Lipinski definition) is 6. The minimum atomic E-state index is 0.185. The van der Waals surface area contributed by atoms with Gasteiger partial charge in [0.25, 0.3) is 0 Å². The van der Waals surface area contributed by atoms with Crippen LogP contribution in [0.1, 0.15) is 31.0 Å². The zero-order valence-electron chi connectivity index (χ0n) is 15.6. The lowest BCUT2D eigenvalue weighted by atomic mass is 10.1. The van der Waals surface area contributed by atoms with E-state index < -0.39 is 0 Å². The molecule has 6 heteroatoms. The maximum atomic E-state index is 5.43. The average Bonchev–Trinajstić information content (AvgIpc) is 3.13. The maximum Gasteiger partial charge on any atom is 0.161 e. The van der Waals surface area contributed by atoms with Gasteiger partial charge in [-0.25, -0.2) is 0 Å². The van der Waals surface area contributed by atoms with Crippen LogP contribution in [0.5, 0.6) is 0 Å². The number of nitrogens with two attached hydrogens (primary N) is 1. The highest BCUT2D eigenvalue weighted by atomic mass is 32.2. The number of hydrogen-bond donors (Lipinski definition) is 3. The van der Waals surface area contributed by atoms with Gasteiger partial charge in [-0.05, 0) is 62.2 Å². The number of rotatable bonds is 6. The molecule has 26 heavy (non-hydrogen) atoms. The SMILES string of the molecule is CCN(CC)c1ccc(NC2=NC(c3ccc(NN)cc3)CS2)c(C)c1. The van der Waals surface area contributed by atoms with E-state index in [0.29, 0.717) is 0 Å². The Morgan fingerprint density at radius 3 is 2.50 bits per heavy atom. The summed E-state index contributed by atoms with van der Waals surface area (Å²) in [5, 5.41) is 4.48. The Hall–Kier alpha value is -2.18. The van der Waals surface area contributed by atoms with Crippen LogP contribution in [0.2, 0.25) is 0 Å². The summed E-state index contributed by atoms with van der Waals surface area (Å²) < 4.78 is 0. The van der Waals surface area contributed by atoms with Gasteiger partial charge in [-0.3, -0.25) is 10.8 Å². The number of thioether (sulfide) groups is 1. The molecule has 0 saturated carbocycles. The topological polar surface area (TPSA) is 65.7 Å². The predicted octanol–water partition coefficient (Wildman–Crippen LogP) is 4.38. The first-order chi connectivity index (χ1) is 12.6. The van der Waals surface area contributed by atoms with Gasteiger partial charge in [-0.2, -0.15) is 0 Å². The summed E-state index contributed by atoms with van der Waals surface area (Å²) in [6.45, 7) is 8.55. The van der Waals surface area contributed by atoms with Crippen LogP contribution >= 0.6 is 11.8 Å². The molecule has 5 nitrogen and oxygen atoms in total. The Morgan fingerprint density at radius 1 is 1.15 bits per heavy atom. The Kier molecular flexibility index (Phi) is 6.06. The molecule has 1 atom stereocenters. The number of hydrazine groups is 1. The predicted molar refractivity (Wildman–Crippen MR) is 115 cm³/mol. The number of aryl methyl sites for hydroxylation is 1. The lowest BCUT2D eigenvalue weighted by Crippen LogP contribution is -2.21. The van der Waals surface area contributed by atoms with E-state index >= 15 is 0 Å². The third-order valence-corrected chi connectivity index (χ3v) is 5.66. The van der Waals surface area contributed by atoms with Gasteiger partial charge in [-0.15, -0.1) is 0 Å². The van der Waals surface area contributed by atoms with Gasteiger partial charge < -0.3 is 15.6 Å². The lowest BCUT2D eigenvalue weighted by molar-refractivity contribution is 0.849. The van der Waals surface area contributed by atoms with Gasteiger partial charge in [0, 0.05) is 35.9 Å². The average molecular weight is 370 g/mol. The standard InChI is InChI=1S/C20H27N5S/c1-4-25(5-2)17-10-11-18(14(3)12-17)22-20-23-19(13-26-20)15-6-8-16(24-21)9-7-15/h6-12,19,24H,4-5,13,21H2,1-3H3,(H,22,23). The molecule has 0 aromatic heterocycles. The quantitative estimate of drug-likeness (QED) is 0.521. The monoisotopic (exact) mass is 369 g/mol. The van der Waals surface area contributed by atoms with Crippen LogP contribution < -0.4 is 21.5 Å². The molecule has 0 saturated heterocycles. The molecule has 138 valence electrons. The molecule has 0 fully saturated rings. The highest BCUT2D eigenvalue weighted by Crippen LogP contribution is 2.32. The van der Waals surface area contributed by atoms with Crippen molar-refractivity contribution < 1.29 is 0 Å². The van der Waals surface area contributed by atoms with Crippen molar-refractivity contribution in [2.45, 2.75) is 26.8 Å². The number of nitrogen functional groups attached to an aromatic ring is 1. The van der Waals surface area contributed by atoms with Crippen LogP contribution in [-0.2, 0) is 0 Å². The van der Waals surface area contributed by atoms with E-state index in [1.165, 1.54) is 16.8 Å². The second-order valence-corrected chi connectivity index (χ2v) is 7.33. The van der Waals surface area contributed by atoms with Crippen molar-refractivity contribution in [2.24, 2.45) is 10.8 Å². The highest BCUT2D eigenvalue weighted by molar-refractivity contribution is 8.14. The number of amidine groups is 1. The summed E-state index contributed by atoms with van der Waals surface area (Å²) in [6.07, 6.45) is 0. The summed E-state index contributed by atoms with van der Waals surface area (Å²) in [6, 6.07) is 14.9. The Balaban J connectivity index is 1.70. The van der Waals surface area contributed by atoms with E-state index in [4.69, 9.17) is 10.8 Å². The van der Waals surface area contributed by atoms with E-state index in [0.717, 1.165) is 35.4 Å². The lowest BCUT2D eigenvalue weighted by Gasteiger charge is -2.22. The zero-order valence-corrected chi connectivity index (χ0v) is 16.4. The van der Waals surface area contributed by atoms with Gasteiger partial charge in [0.15, 0.2) is 5.17 Å². The van der Waals surface area contributed by atoms with Crippen LogP contribution in [0.3, 0.4) is 0 Å². The molecule has 2 aromatic rings. The van der Waals surface area contributed by atoms with Gasteiger partial charge in [0.05, 0.1) is 6.04 Å². The van der Waals surface area contributed by atoms with Crippen molar-refractivity contribution in [1.29, 1.82) is 0 Å². The molecule has 1 aliphatic rings. The fourth-order valence-electron chi connectivity index (χ4n) is 3.10. The molecule has 0 aliphatic carbocycles. The number of nitrogens with one attached hydrogen (secondary N) is 2. The minimum Gasteiger partial charge on any atom is -0.372 e. The molecule has 2 aromatic carbocycles. The number of nitrogens with zero attached hydrogens (tertiary/aromatic N) is 2. The first-order valence-electron chi connectivity index (χ1n) is 9.04. The van der Waals surface area contributed by atoms with Crippen molar-refractivity contribution >= 4 is 34.0 Å². The summed E-state index contributed by atoms with van der Waals surface area (Å²) >= 11 is 1.77. The molecule has 0 bridgehead atoms. The summed E-state index contributed by atoms with van der Waals surface area (Å²) in [5.41, 5.74) is 8.40. The van der Waals surface area contributed by atoms with E-state index in [-0.39, 0.29) is 6.04 Å². The Labute approximate surface area is 160 Å². The van der Waals surface area contributed by atoms with Crippen molar-refractivity contribution in [2.75, 3.05) is 34.5 Å². The van der Waals surface area contributed by atoms with Crippen LogP contribution in [0, 0.1) is 6.92 Å². The van der Waals surface area contributed by atoms with E-state index in [2.05, 4.69) is 66.7 Å². The van der Waals surface area contributed by atoms with E-state index in [9.17, 15) is 0 Å². The van der Waals surface area contributed by atoms with Crippen LogP contribution in [0.4, 0.5) is 17.1 Å². The van der Waals surface area contributed by atoms with E-state index in [1.807, 2.05) is 12.1 Å². The molecule has 0 spiro atoms. The molecule has 3 rings (SSSR count). The first-order valence-corrected chi connectivity index (χ1v) is 10.0. The fraction of sp³-hybridized carbons (Fsp3) is 0.350. The Morgan fingerprint density at radius 2 is 1.88 bits per heavy atom. The van der Waals surface area contributed by atoms with Crippen LogP contribution in [-0.4, -0.2) is 24.0 Å². The summed E-state index contributed by atoms with van der Waals surface area (Å²) in [5.74, 6) is 6.38. The first kappa shape index (κ1) is 18.6. The molecular weight excluding hydrogens is 342 g/mol. The summed E-state index contributed by atoms with van der Waals surface area (Å²) in [4.78, 5) is 7.20. The van der Waals surface area contributed by atoms with Gasteiger partial charge in [0.1, 0.15) is 0 Å².